The minimum Gasteiger partial charge on any atom is -0.481 e. The summed E-state index contributed by atoms with van der Waals surface area (Å²) in [5.74, 6) is -1.76. The van der Waals surface area contributed by atoms with Crippen molar-refractivity contribution in [2.75, 3.05) is 0 Å². The molecule has 0 fully saturated rings. The van der Waals surface area contributed by atoms with E-state index in [1.54, 1.807) is 0 Å². The molecule has 5 heteroatoms. The van der Waals surface area contributed by atoms with Crippen molar-refractivity contribution in [3.05, 3.63) is 69.7 Å². The molecule has 1 aliphatic carbocycles. The first kappa shape index (κ1) is 18.2. The molecule has 0 spiro atoms. The lowest BCUT2D eigenvalue weighted by Gasteiger charge is -2.23. The number of aliphatic carboxylic acids is 1. The van der Waals surface area contributed by atoms with Gasteiger partial charge in [0.05, 0.1) is 10.7 Å². The topological polar surface area (TPSA) is 54.4 Å². The second kappa shape index (κ2) is 7.34. The molecule has 3 nitrogen and oxygen atoms in total. The molecule has 0 amide bonds. The molecule has 1 N–H and O–H groups in total. The highest BCUT2D eigenvalue weighted by molar-refractivity contribution is 9.10. The summed E-state index contributed by atoms with van der Waals surface area (Å²) >= 11 is 8.02. The predicted molar refractivity (Wildman–Crippen MR) is 104 cm³/mol. The monoisotopic (exact) mass is 418 g/mol. The quantitative estimate of drug-likeness (QED) is 0.693. The zero-order chi connectivity index (χ0) is 18.0. The van der Waals surface area contributed by atoms with Crippen LogP contribution in [0.15, 0.2) is 53.0 Å². The van der Waals surface area contributed by atoms with Crippen molar-refractivity contribution in [1.82, 2.24) is 0 Å². The van der Waals surface area contributed by atoms with Gasteiger partial charge in [-0.05, 0) is 48.1 Å². The lowest BCUT2D eigenvalue weighted by Crippen LogP contribution is -2.36. The molecule has 1 unspecified atom stereocenters. The van der Waals surface area contributed by atoms with Gasteiger partial charge in [-0.15, -0.1) is 0 Å². The minimum absolute atomic E-state index is 0.00286. The fourth-order valence-electron chi connectivity index (χ4n) is 3.36. The number of hydrogen-bond acceptors (Lipinski definition) is 3. The highest BCUT2D eigenvalue weighted by Crippen LogP contribution is 2.37. The molecule has 2 aromatic rings. The van der Waals surface area contributed by atoms with E-state index in [1.165, 1.54) is 0 Å². The normalized spacial score (nSPS) is 16.2. The molecule has 0 aromatic heterocycles. The van der Waals surface area contributed by atoms with Crippen molar-refractivity contribution in [3.63, 3.8) is 0 Å². The molecule has 0 radical (unpaired) electrons. The Balaban J connectivity index is 1.71. The zero-order valence-corrected chi connectivity index (χ0v) is 16.1. The van der Waals surface area contributed by atoms with Crippen LogP contribution in [0, 0.1) is 5.92 Å². The Labute approximate surface area is 161 Å². The number of carbonyl (C=O) groups excluding carboxylic acids is 1. The first-order chi connectivity index (χ1) is 11.9. The number of benzene rings is 2. The van der Waals surface area contributed by atoms with Crippen LogP contribution in [-0.2, 0) is 28.9 Å². The van der Waals surface area contributed by atoms with Gasteiger partial charge < -0.3 is 5.11 Å². The van der Waals surface area contributed by atoms with Crippen LogP contribution in [0.5, 0.6) is 0 Å². The van der Waals surface area contributed by atoms with Crippen LogP contribution >= 0.6 is 28.6 Å². The van der Waals surface area contributed by atoms with Gasteiger partial charge in [-0.3, -0.25) is 9.59 Å². The molecule has 3 rings (SSSR count). The average Bonchev–Trinajstić information content (AvgIpc) is 2.93. The van der Waals surface area contributed by atoms with Gasteiger partial charge in [-0.1, -0.05) is 52.3 Å². The summed E-state index contributed by atoms with van der Waals surface area (Å²) in [4.78, 5) is 24.5. The maximum atomic E-state index is 12.8. The molecule has 1 atom stereocenters. The van der Waals surface area contributed by atoms with Crippen LogP contribution in [0.4, 0.5) is 0 Å². The summed E-state index contributed by atoms with van der Waals surface area (Å²) in [6, 6.07) is 15.5. The third-order valence-corrected chi connectivity index (χ3v) is 5.87. The van der Waals surface area contributed by atoms with E-state index in [0.717, 1.165) is 21.2 Å². The van der Waals surface area contributed by atoms with Crippen LogP contribution in [0.2, 0.25) is 0 Å². The Morgan fingerprint density at radius 3 is 2.16 bits per heavy atom. The van der Waals surface area contributed by atoms with Crippen LogP contribution < -0.4 is 0 Å². The number of fused-ring (bicyclic) bond motifs is 1. The van der Waals surface area contributed by atoms with E-state index in [2.05, 4.69) is 28.6 Å². The van der Waals surface area contributed by atoms with Crippen LogP contribution in [-0.4, -0.2) is 21.6 Å². The van der Waals surface area contributed by atoms with Crippen molar-refractivity contribution < 1.29 is 14.7 Å². The highest BCUT2D eigenvalue weighted by atomic mass is 79.9. The number of rotatable bonds is 6. The van der Waals surface area contributed by atoms with E-state index >= 15 is 0 Å². The minimum atomic E-state index is -0.941. The Hall–Kier alpha value is -1.59. The third-order valence-electron chi connectivity index (χ3n) is 4.78. The number of carboxylic acid groups (broad SMARTS) is 1. The Bertz CT molecular complexity index is 776. The molecule has 2 aromatic carbocycles. The van der Waals surface area contributed by atoms with Gasteiger partial charge >= 0.3 is 5.97 Å². The van der Waals surface area contributed by atoms with E-state index < -0.39 is 16.6 Å². The Kier molecular flexibility index (Phi) is 5.35. The van der Waals surface area contributed by atoms with Gasteiger partial charge in [0, 0.05) is 10.9 Å². The fraction of sp³-hybridized carbons (Fsp3) is 0.300. The summed E-state index contributed by atoms with van der Waals surface area (Å²) in [5, 5.41) is 9.55. The highest BCUT2D eigenvalue weighted by Gasteiger charge is 2.41. The van der Waals surface area contributed by atoms with Gasteiger partial charge in [0.15, 0.2) is 0 Å². The summed E-state index contributed by atoms with van der Waals surface area (Å²) in [5.41, 5.74) is 3.17. The smallest absolute Gasteiger partial charge is 0.307 e. The molecule has 0 saturated carbocycles. The zero-order valence-electron chi connectivity index (χ0n) is 13.6. The molecular formula is C20H19BrO3S. The number of hydrogen-bond donors (Lipinski definition) is 2. The molecule has 130 valence electrons. The lowest BCUT2D eigenvalue weighted by atomic mass is 9.88. The Morgan fingerprint density at radius 1 is 1.08 bits per heavy atom. The predicted octanol–water partition coefficient (Wildman–Crippen LogP) is 4.12. The molecule has 25 heavy (non-hydrogen) atoms. The number of halogens is 1. The van der Waals surface area contributed by atoms with Gasteiger partial charge in [0.2, 0.25) is 0 Å². The van der Waals surface area contributed by atoms with E-state index in [9.17, 15) is 14.7 Å². The van der Waals surface area contributed by atoms with Gasteiger partial charge in [0.1, 0.15) is 5.78 Å². The molecule has 0 bridgehead atoms. The standard InChI is InChI=1S/C20H19BrO3S/c21-17-7-5-13(6-8-17)9-16(19(23)24)10-18(22)20(25)11-14-3-1-2-4-15(14)12-20/h1-8,16,25H,9-12H2,(H,23,24). The largest absolute Gasteiger partial charge is 0.481 e. The maximum Gasteiger partial charge on any atom is 0.307 e. The van der Waals surface area contributed by atoms with Crippen LogP contribution in [0.25, 0.3) is 0 Å². The van der Waals surface area contributed by atoms with Crippen molar-refractivity contribution in [2.24, 2.45) is 5.92 Å². The number of ketones is 1. The number of carbonyl (C=O) groups is 2. The van der Waals surface area contributed by atoms with Gasteiger partial charge in [0.25, 0.3) is 0 Å². The SMILES string of the molecule is O=C(O)C(CC(=O)C1(S)Cc2ccccc2C1)Cc1ccc(Br)cc1. The van der Waals surface area contributed by atoms with Gasteiger partial charge in [-0.25, -0.2) is 0 Å². The molecule has 0 heterocycles. The van der Waals surface area contributed by atoms with E-state index in [4.69, 9.17) is 0 Å². The second-order valence-electron chi connectivity index (χ2n) is 6.65. The van der Waals surface area contributed by atoms with Crippen molar-refractivity contribution >= 4 is 40.3 Å². The van der Waals surface area contributed by atoms with Crippen LogP contribution in [0.3, 0.4) is 0 Å². The van der Waals surface area contributed by atoms with Crippen molar-refractivity contribution in [2.45, 2.75) is 30.4 Å². The maximum absolute atomic E-state index is 12.8. The van der Waals surface area contributed by atoms with E-state index in [-0.39, 0.29) is 12.2 Å². The van der Waals surface area contributed by atoms with Crippen molar-refractivity contribution in [3.8, 4) is 0 Å². The number of carboxylic acids is 1. The summed E-state index contributed by atoms with van der Waals surface area (Å²) in [6.07, 6.45) is 1.47. The van der Waals surface area contributed by atoms with Gasteiger partial charge in [-0.2, -0.15) is 12.6 Å². The first-order valence-corrected chi connectivity index (χ1v) is 9.41. The lowest BCUT2D eigenvalue weighted by molar-refractivity contribution is -0.144. The number of thiol groups is 1. The van der Waals surface area contributed by atoms with E-state index in [1.807, 2.05) is 48.5 Å². The summed E-state index contributed by atoms with van der Waals surface area (Å²) in [7, 11) is 0. The summed E-state index contributed by atoms with van der Waals surface area (Å²) < 4.78 is 0.147. The number of Topliss-reactive ketones (excluding diaryl/α,β-unsaturated/α-hetero) is 1. The fourth-order valence-corrected chi connectivity index (χ4v) is 4.05. The van der Waals surface area contributed by atoms with Crippen molar-refractivity contribution in [1.29, 1.82) is 0 Å². The molecule has 0 aliphatic heterocycles. The molecular weight excluding hydrogens is 400 g/mol. The molecule has 0 saturated heterocycles. The summed E-state index contributed by atoms with van der Waals surface area (Å²) in [6.45, 7) is 0. The molecule has 1 aliphatic rings. The first-order valence-electron chi connectivity index (χ1n) is 8.17. The Morgan fingerprint density at radius 2 is 1.64 bits per heavy atom. The third kappa shape index (κ3) is 4.15. The second-order valence-corrected chi connectivity index (χ2v) is 8.42. The average molecular weight is 419 g/mol. The van der Waals surface area contributed by atoms with Crippen LogP contribution in [0.1, 0.15) is 23.1 Å². The van der Waals surface area contributed by atoms with E-state index in [0.29, 0.717) is 19.3 Å².